The van der Waals surface area contributed by atoms with E-state index >= 15 is 0 Å². The van der Waals surface area contributed by atoms with Gasteiger partial charge in [0.25, 0.3) is 0 Å². The Kier molecular flexibility index (Phi) is 64.6. The fourth-order valence-corrected chi connectivity index (χ4v) is 12.9. The zero-order chi connectivity index (χ0) is 68.6. The predicted molar refractivity (Wildman–Crippen MR) is 377 cm³/mol. The van der Waals surface area contributed by atoms with E-state index in [1.807, 2.05) is 0 Å². The van der Waals surface area contributed by atoms with Gasteiger partial charge in [-0.2, -0.15) is 0 Å². The predicted octanol–water partition coefficient (Wildman–Crippen LogP) is 21.6. The van der Waals surface area contributed by atoms with Crippen molar-refractivity contribution in [3.63, 3.8) is 0 Å². The molecule has 17 nitrogen and oxygen atoms in total. The Morgan fingerprint density at radius 3 is 0.731 bits per heavy atom. The summed E-state index contributed by atoms with van der Waals surface area (Å²) < 4.78 is 68.3. The van der Waals surface area contributed by atoms with Crippen molar-refractivity contribution in [2.24, 2.45) is 11.8 Å². The summed E-state index contributed by atoms with van der Waals surface area (Å²) in [7, 11) is -9.90. The first-order chi connectivity index (χ1) is 44.9. The van der Waals surface area contributed by atoms with Crippen molar-refractivity contribution in [3.8, 4) is 0 Å². The largest absolute Gasteiger partial charge is 0.472 e. The maximum atomic E-state index is 13.1. The lowest BCUT2D eigenvalue weighted by atomic mass is 10.0. The number of esters is 4. The lowest BCUT2D eigenvalue weighted by Gasteiger charge is -2.21. The van der Waals surface area contributed by atoms with Crippen molar-refractivity contribution in [2.45, 2.75) is 400 Å². The molecule has 0 aromatic carbocycles. The van der Waals surface area contributed by atoms with Gasteiger partial charge in [0.2, 0.25) is 0 Å². The van der Waals surface area contributed by atoms with Crippen LogP contribution in [0.4, 0.5) is 0 Å². The van der Waals surface area contributed by atoms with E-state index in [4.69, 9.17) is 37.0 Å². The molecule has 3 N–H and O–H groups in total. The van der Waals surface area contributed by atoms with Crippen LogP contribution >= 0.6 is 15.6 Å². The van der Waals surface area contributed by atoms with Gasteiger partial charge in [0.1, 0.15) is 19.3 Å². The van der Waals surface area contributed by atoms with Gasteiger partial charge in [0, 0.05) is 25.7 Å². The number of hydrogen-bond acceptors (Lipinski definition) is 15. The highest BCUT2D eigenvalue weighted by atomic mass is 31.2. The molecule has 19 heteroatoms. The highest BCUT2D eigenvalue weighted by Gasteiger charge is 2.30. The molecular weight excluding hydrogens is 1220 g/mol. The zero-order valence-corrected chi connectivity index (χ0v) is 62.3. The molecule has 0 radical (unpaired) electrons. The Balaban J connectivity index is 5.19. The number of rotatable bonds is 73. The van der Waals surface area contributed by atoms with Crippen LogP contribution in [0.3, 0.4) is 0 Å². The standard InChI is InChI=1S/C74H144O17P2/c1-7-9-11-13-15-17-33-40-46-52-58-73(78)90-69(62-84-71(76)56-50-44-38-16-14-12-10-8-2)64-88-92(80,81)86-60-68(75)61-87-93(82,83)89-65-70(63-85-72(77)57-51-45-39-34-29-26-22-24-28-32-37-43-49-55-67(5)6)91-74(79)59-53-47-41-35-30-25-21-19-18-20-23-27-31-36-42-48-54-66(3)4/h66-70,75H,7-65H2,1-6H3,(H,80,81)(H,82,83)/t68-,69+,70+/m0/s1. The van der Waals surface area contributed by atoms with Gasteiger partial charge in [-0.15, -0.1) is 0 Å². The zero-order valence-electron chi connectivity index (χ0n) is 60.6. The molecule has 0 rings (SSSR count). The van der Waals surface area contributed by atoms with E-state index in [0.29, 0.717) is 25.7 Å². The van der Waals surface area contributed by atoms with Gasteiger partial charge < -0.3 is 33.8 Å². The van der Waals surface area contributed by atoms with Crippen molar-refractivity contribution in [3.05, 3.63) is 0 Å². The van der Waals surface area contributed by atoms with Crippen LogP contribution in [-0.4, -0.2) is 96.7 Å². The molecule has 0 saturated heterocycles. The van der Waals surface area contributed by atoms with E-state index in [9.17, 15) is 43.2 Å². The Labute approximate surface area is 568 Å². The molecule has 0 spiro atoms. The smallest absolute Gasteiger partial charge is 0.462 e. The second kappa shape index (κ2) is 66.0. The summed E-state index contributed by atoms with van der Waals surface area (Å²) in [5.41, 5.74) is 0. The first-order valence-electron chi connectivity index (χ1n) is 38.5. The number of aliphatic hydroxyl groups is 1. The van der Waals surface area contributed by atoms with Crippen LogP contribution in [0.1, 0.15) is 382 Å². The summed E-state index contributed by atoms with van der Waals surface area (Å²) in [5.74, 6) is -0.520. The summed E-state index contributed by atoms with van der Waals surface area (Å²) in [6.45, 7) is 9.59. The summed E-state index contributed by atoms with van der Waals surface area (Å²) in [6, 6.07) is 0. The molecule has 0 saturated carbocycles. The third kappa shape index (κ3) is 68.4. The molecule has 0 bridgehead atoms. The van der Waals surface area contributed by atoms with Gasteiger partial charge in [-0.05, 0) is 37.5 Å². The Morgan fingerprint density at radius 2 is 0.495 bits per heavy atom. The highest BCUT2D eigenvalue weighted by Crippen LogP contribution is 2.45. The van der Waals surface area contributed by atoms with Gasteiger partial charge in [0.05, 0.1) is 26.4 Å². The first kappa shape index (κ1) is 91.1. The molecule has 0 fully saturated rings. The van der Waals surface area contributed by atoms with E-state index in [2.05, 4.69) is 41.5 Å². The Hall–Kier alpha value is -1.94. The van der Waals surface area contributed by atoms with E-state index in [-0.39, 0.29) is 25.7 Å². The minimum absolute atomic E-state index is 0.106. The van der Waals surface area contributed by atoms with Crippen molar-refractivity contribution in [2.75, 3.05) is 39.6 Å². The third-order valence-corrected chi connectivity index (χ3v) is 19.1. The maximum Gasteiger partial charge on any atom is 0.472 e. The Bertz CT molecular complexity index is 1800. The fourth-order valence-electron chi connectivity index (χ4n) is 11.3. The van der Waals surface area contributed by atoms with Crippen LogP contribution in [0.5, 0.6) is 0 Å². The number of phosphoric ester groups is 2. The molecule has 2 unspecified atom stereocenters. The van der Waals surface area contributed by atoms with Gasteiger partial charge in [-0.25, -0.2) is 9.13 Å². The van der Waals surface area contributed by atoms with Crippen molar-refractivity contribution in [1.29, 1.82) is 0 Å². The minimum Gasteiger partial charge on any atom is -0.462 e. The van der Waals surface area contributed by atoms with Crippen LogP contribution in [0, 0.1) is 11.8 Å². The van der Waals surface area contributed by atoms with Gasteiger partial charge in [-0.1, -0.05) is 330 Å². The van der Waals surface area contributed by atoms with Gasteiger partial charge >= 0.3 is 39.5 Å². The summed E-state index contributed by atoms with van der Waals surface area (Å²) in [4.78, 5) is 72.6. The van der Waals surface area contributed by atoms with E-state index in [1.165, 1.54) is 193 Å². The molecule has 552 valence electrons. The molecule has 5 atom stereocenters. The van der Waals surface area contributed by atoms with E-state index in [0.717, 1.165) is 108 Å². The highest BCUT2D eigenvalue weighted by molar-refractivity contribution is 7.47. The molecule has 0 aliphatic carbocycles. The first-order valence-corrected chi connectivity index (χ1v) is 41.5. The summed E-state index contributed by atoms with van der Waals surface area (Å²) in [5, 5.41) is 10.6. The number of ether oxygens (including phenoxy) is 4. The van der Waals surface area contributed by atoms with Crippen molar-refractivity contribution in [1.82, 2.24) is 0 Å². The van der Waals surface area contributed by atoms with Crippen LogP contribution in [0.15, 0.2) is 0 Å². The maximum absolute atomic E-state index is 13.1. The molecule has 0 heterocycles. The molecule has 0 aliphatic heterocycles. The van der Waals surface area contributed by atoms with Crippen molar-refractivity contribution < 1.29 is 80.2 Å². The Morgan fingerprint density at radius 1 is 0.290 bits per heavy atom. The second-order valence-electron chi connectivity index (χ2n) is 27.6. The normalized spacial score (nSPS) is 14.1. The number of hydrogen-bond donors (Lipinski definition) is 3. The van der Waals surface area contributed by atoms with Gasteiger partial charge in [-0.3, -0.25) is 37.3 Å². The third-order valence-electron chi connectivity index (χ3n) is 17.2. The monoisotopic (exact) mass is 1370 g/mol. The summed E-state index contributed by atoms with van der Waals surface area (Å²) in [6.07, 6.45) is 52.8. The quantitative estimate of drug-likeness (QED) is 0.0222. The molecule has 0 aromatic heterocycles. The molecular formula is C74H144O17P2. The molecule has 0 amide bonds. The SMILES string of the molecule is CCCCCCCCCCCCC(=O)O[C@H](COC(=O)CCCCCCCCCC)COP(=O)(O)OC[C@H](O)COP(=O)(O)OC[C@@H](COC(=O)CCCCCCCCCCCCCCCC(C)C)OC(=O)CCCCCCCCCCCCCCCCCCC(C)C. The topological polar surface area (TPSA) is 237 Å². The number of carbonyl (C=O) groups is 4. The number of aliphatic hydroxyl groups excluding tert-OH is 1. The minimum atomic E-state index is -4.95. The van der Waals surface area contributed by atoms with Crippen LogP contribution in [0.2, 0.25) is 0 Å². The molecule has 93 heavy (non-hydrogen) atoms. The average Bonchev–Trinajstić information content (AvgIpc) is 2.65. The second-order valence-corrected chi connectivity index (χ2v) is 30.5. The number of unbranched alkanes of at least 4 members (excludes halogenated alkanes) is 43. The summed E-state index contributed by atoms with van der Waals surface area (Å²) >= 11 is 0. The lowest BCUT2D eigenvalue weighted by Crippen LogP contribution is -2.30. The number of phosphoric acid groups is 2. The van der Waals surface area contributed by atoms with Gasteiger partial charge in [0.15, 0.2) is 12.2 Å². The van der Waals surface area contributed by atoms with Crippen LogP contribution < -0.4 is 0 Å². The lowest BCUT2D eigenvalue weighted by molar-refractivity contribution is -0.161. The number of carbonyl (C=O) groups excluding carboxylic acids is 4. The molecule has 0 aromatic rings. The van der Waals surface area contributed by atoms with E-state index in [1.54, 1.807) is 0 Å². The fraction of sp³-hybridized carbons (Fsp3) is 0.946. The average molecular weight is 1370 g/mol. The van der Waals surface area contributed by atoms with Crippen LogP contribution in [0.25, 0.3) is 0 Å². The van der Waals surface area contributed by atoms with Crippen LogP contribution in [-0.2, 0) is 65.4 Å². The van der Waals surface area contributed by atoms with E-state index < -0.39 is 97.5 Å². The van der Waals surface area contributed by atoms with Crippen molar-refractivity contribution >= 4 is 39.5 Å². The molecule has 0 aliphatic rings.